The third-order valence-electron chi connectivity index (χ3n) is 5.18. The lowest BCUT2D eigenvalue weighted by Gasteiger charge is -2.17. The van der Waals surface area contributed by atoms with Crippen LogP contribution in [0.4, 0.5) is 17.6 Å². The van der Waals surface area contributed by atoms with E-state index in [0.29, 0.717) is 12.3 Å². The van der Waals surface area contributed by atoms with Crippen molar-refractivity contribution in [3.63, 3.8) is 0 Å². The van der Waals surface area contributed by atoms with Crippen LogP contribution in [-0.4, -0.2) is 31.3 Å². The number of carboxylic acid groups (broad SMARTS) is 1. The van der Waals surface area contributed by atoms with Crippen molar-refractivity contribution in [2.75, 3.05) is 20.3 Å². The molecule has 0 bridgehead atoms. The summed E-state index contributed by atoms with van der Waals surface area (Å²) < 4.78 is 64.8. The lowest BCUT2D eigenvalue weighted by atomic mass is 10.00. The van der Waals surface area contributed by atoms with Crippen LogP contribution in [0, 0.1) is 5.82 Å². The summed E-state index contributed by atoms with van der Waals surface area (Å²) in [4.78, 5) is 11.2. The Kier molecular flexibility index (Phi) is 7.78. The summed E-state index contributed by atoms with van der Waals surface area (Å²) in [5.41, 5.74) is -0.428. The maximum absolute atomic E-state index is 13.7. The number of alkyl halides is 3. The molecule has 0 radical (unpaired) electrons. The molecule has 180 valence electrons. The van der Waals surface area contributed by atoms with Gasteiger partial charge in [-0.15, -0.1) is 0 Å². The average Bonchev–Trinajstić information content (AvgIpc) is 2.81. The van der Waals surface area contributed by atoms with Gasteiger partial charge in [0.1, 0.15) is 23.9 Å². The minimum atomic E-state index is -4.65. The maximum Gasteiger partial charge on any atom is 0.416 e. The monoisotopic (exact) mass is 477 g/mol. The summed E-state index contributed by atoms with van der Waals surface area (Å²) in [7, 11) is 1.57. The molecule has 0 unspecified atom stereocenters. The molecule has 2 N–H and O–H groups in total. The molecular weight excluding hydrogens is 454 g/mol. The predicted octanol–water partition coefficient (Wildman–Crippen LogP) is 5.95. The molecule has 9 heteroatoms. The molecule has 3 aromatic carbocycles. The first-order valence-corrected chi connectivity index (χ1v) is 10.3. The quantitative estimate of drug-likeness (QED) is 0.295. The van der Waals surface area contributed by atoms with Crippen molar-refractivity contribution >= 4 is 5.97 Å². The van der Waals surface area contributed by atoms with E-state index >= 15 is 0 Å². The fourth-order valence-corrected chi connectivity index (χ4v) is 3.35. The molecule has 0 aliphatic heterocycles. The van der Waals surface area contributed by atoms with Crippen LogP contribution < -0.4 is 14.8 Å². The summed E-state index contributed by atoms with van der Waals surface area (Å²) in [6, 6.07) is 13.7. The maximum atomic E-state index is 13.7. The average molecular weight is 477 g/mol. The Morgan fingerprint density at radius 2 is 1.79 bits per heavy atom. The number of rotatable bonds is 9. The van der Waals surface area contributed by atoms with Crippen molar-refractivity contribution in [2.45, 2.75) is 19.1 Å². The van der Waals surface area contributed by atoms with Gasteiger partial charge in [-0.3, -0.25) is 0 Å². The van der Waals surface area contributed by atoms with Gasteiger partial charge in [0.05, 0.1) is 18.2 Å². The van der Waals surface area contributed by atoms with Crippen LogP contribution in [0.2, 0.25) is 0 Å². The number of hydrogen-bond donors (Lipinski definition) is 2. The van der Waals surface area contributed by atoms with E-state index in [1.54, 1.807) is 7.11 Å². The SMILES string of the molecule is COc1cccc([C@@H](C)NCCOc2cc(-c3ccc(F)c(C(=O)O)c3)cc(C(F)(F)F)c2)c1. The Balaban J connectivity index is 1.75. The molecule has 0 heterocycles. The van der Waals surface area contributed by atoms with E-state index in [-0.39, 0.29) is 29.5 Å². The Bertz CT molecular complexity index is 1160. The third kappa shape index (κ3) is 6.26. The molecule has 0 spiro atoms. The fourth-order valence-electron chi connectivity index (χ4n) is 3.35. The van der Waals surface area contributed by atoms with Gasteiger partial charge in [0.2, 0.25) is 0 Å². The van der Waals surface area contributed by atoms with Crippen LogP contribution in [0.25, 0.3) is 11.1 Å². The van der Waals surface area contributed by atoms with Gasteiger partial charge in [0, 0.05) is 12.6 Å². The molecular formula is C25H23F4NO4. The number of benzene rings is 3. The number of ether oxygens (including phenoxy) is 2. The third-order valence-corrected chi connectivity index (χ3v) is 5.18. The first kappa shape index (κ1) is 25.0. The van der Waals surface area contributed by atoms with Crippen LogP contribution >= 0.6 is 0 Å². The van der Waals surface area contributed by atoms with Gasteiger partial charge >= 0.3 is 12.1 Å². The lowest BCUT2D eigenvalue weighted by molar-refractivity contribution is -0.137. The van der Waals surface area contributed by atoms with Crippen molar-refractivity contribution in [2.24, 2.45) is 0 Å². The van der Waals surface area contributed by atoms with Gasteiger partial charge in [-0.2, -0.15) is 13.2 Å². The highest BCUT2D eigenvalue weighted by Crippen LogP contribution is 2.36. The van der Waals surface area contributed by atoms with Crippen molar-refractivity contribution in [3.05, 3.63) is 83.2 Å². The van der Waals surface area contributed by atoms with Crippen LogP contribution in [0.3, 0.4) is 0 Å². The Hall–Kier alpha value is -3.59. The van der Waals surface area contributed by atoms with Crippen molar-refractivity contribution in [1.82, 2.24) is 5.32 Å². The minimum Gasteiger partial charge on any atom is -0.497 e. The highest BCUT2D eigenvalue weighted by atomic mass is 19.4. The van der Waals surface area contributed by atoms with Crippen molar-refractivity contribution in [1.29, 1.82) is 0 Å². The van der Waals surface area contributed by atoms with Gasteiger partial charge in [0.25, 0.3) is 0 Å². The minimum absolute atomic E-state index is 0.0399. The van der Waals surface area contributed by atoms with Crippen molar-refractivity contribution in [3.8, 4) is 22.6 Å². The van der Waals surface area contributed by atoms with Crippen LogP contribution in [0.5, 0.6) is 11.5 Å². The van der Waals surface area contributed by atoms with E-state index in [0.717, 1.165) is 29.8 Å². The van der Waals surface area contributed by atoms with Gasteiger partial charge in [-0.05, 0) is 66.1 Å². The summed E-state index contributed by atoms with van der Waals surface area (Å²) >= 11 is 0. The Morgan fingerprint density at radius 1 is 1.03 bits per heavy atom. The van der Waals surface area contributed by atoms with Crippen LogP contribution in [0.15, 0.2) is 60.7 Å². The number of hydrogen-bond acceptors (Lipinski definition) is 4. The summed E-state index contributed by atoms with van der Waals surface area (Å²) in [5.74, 6) is -1.82. The zero-order valence-electron chi connectivity index (χ0n) is 18.4. The molecule has 5 nitrogen and oxygen atoms in total. The number of carbonyl (C=O) groups is 1. The van der Waals surface area contributed by atoms with E-state index in [2.05, 4.69) is 5.32 Å². The molecule has 0 saturated carbocycles. The number of methoxy groups -OCH3 is 1. The van der Waals surface area contributed by atoms with Gasteiger partial charge in [-0.25, -0.2) is 9.18 Å². The topological polar surface area (TPSA) is 67.8 Å². The van der Waals surface area contributed by atoms with Gasteiger partial charge < -0.3 is 19.9 Å². The molecule has 0 amide bonds. The largest absolute Gasteiger partial charge is 0.497 e. The molecule has 0 aliphatic carbocycles. The van der Waals surface area contributed by atoms with Crippen LogP contribution in [-0.2, 0) is 6.18 Å². The highest BCUT2D eigenvalue weighted by molar-refractivity contribution is 5.89. The summed E-state index contributed by atoms with van der Waals surface area (Å²) in [6.07, 6.45) is -4.65. The van der Waals surface area contributed by atoms with E-state index in [4.69, 9.17) is 14.6 Å². The second-order valence-electron chi connectivity index (χ2n) is 7.54. The summed E-state index contributed by atoms with van der Waals surface area (Å²) in [5, 5.41) is 12.3. The summed E-state index contributed by atoms with van der Waals surface area (Å²) in [6.45, 7) is 2.37. The van der Waals surface area contributed by atoms with E-state index in [1.807, 2.05) is 31.2 Å². The lowest BCUT2D eigenvalue weighted by Crippen LogP contribution is -2.24. The van der Waals surface area contributed by atoms with Crippen LogP contribution in [0.1, 0.15) is 34.5 Å². The number of halogens is 4. The Morgan fingerprint density at radius 3 is 2.47 bits per heavy atom. The molecule has 0 aliphatic rings. The predicted molar refractivity (Wildman–Crippen MR) is 119 cm³/mol. The molecule has 3 rings (SSSR count). The number of carboxylic acids is 1. The number of nitrogens with one attached hydrogen (secondary N) is 1. The van der Waals surface area contributed by atoms with Crippen molar-refractivity contribution < 1.29 is 36.9 Å². The molecule has 1 atom stereocenters. The standard InChI is InChI=1S/C25H23F4NO4/c1-15(16-4-3-5-20(11-16)33-2)30-8-9-34-21-12-18(10-19(14-21)25(27,28)29)17-6-7-23(26)22(13-17)24(31)32/h3-7,10-15,30H,8-9H2,1-2H3,(H,31,32)/t15-/m1/s1. The van der Waals surface area contributed by atoms with Gasteiger partial charge in [-0.1, -0.05) is 18.2 Å². The second kappa shape index (κ2) is 10.6. The molecule has 0 saturated heterocycles. The highest BCUT2D eigenvalue weighted by Gasteiger charge is 2.31. The molecule has 0 aromatic heterocycles. The first-order chi connectivity index (χ1) is 16.1. The number of aromatic carboxylic acids is 1. The molecule has 34 heavy (non-hydrogen) atoms. The Labute approximate surface area is 193 Å². The smallest absolute Gasteiger partial charge is 0.416 e. The molecule has 0 fully saturated rings. The van der Waals surface area contributed by atoms with Gasteiger partial charge in [0.15, 0.2) is 0 Å². The van der Waals surface area contributed by atoms with E-state index in [9.17, 15) is 22.4 Å². The zero-order valence-corrected chi connectivity index (χ0v) is 18.4. The fraction of sp³-hybridized carbons (Fsp3) is 0.240. The van der Waals surface area contributed by atoms with E-state index in [1.165, 1.54) is 12.1 Å². The first-order valence-electron chi connectivity index (χ1n) is 10.3. The molecule has 3 aromatic rings. The normalized spacial score (nSPS) is 12.3. The van der Waals surface area contributed by atoms with E-state index < -0.39 is 29.1 Å². The zero-order chi connectivity index (χ0) is 24.9. The second-order valence-corrected chi connectivity index (χ2v) is 7.54.